The van der Waals surface area contributed by atoms with Crippen LogP contribution in [0.1, 0.15) is 45.1 Å². The van der Waals surface area contributed by atoms with Gasteiger partial charge in [0.2, 0.25) is 0 Å². The summed E-state index contributed by atoms with van der Waals surface area (Å²) in [6, 6.07) is 9.09. The Labute approximate surface area is 151 Å². The van der Waals surface area contributed by atoms with Crippen LogP contribution in [0.5, 0.6) is 0 Å². The van der Waals surface area contributed by atoms with Crippen molar-refractivity contribution in [2.45, 2.75) is 76.5 Å². The molecule has 2 saturated heterocycles. The summed E-state index contributed by atoms with van der Waals surface area (Å²) in [5, 5.41) is 3.48. The van der Waals surface area contributed by atoms with E-state index in [-0.39, 0.29) is 31.0 Å². The van der Waals surface area contributed by atoms with Crippen LogP contribution in [0.2, 0.25) is 0 Å². The number of benzene rings is 1. The molecule has 0 bridgehead atoms. The largest absolute Gasteiger partial charge is 0.389 e. The van der Waals surface area contributed by atoms with E-state index in [0.717, 1.165) is 18.4 Å². The van der Waals surface area contributed by atoms with Crippen LogP contribution in [0.3, 0.4) is 0 Å². The SMILES string of the molecule is C[C@@H]1CC[C@@H](C)N1N1C(=O)[C@H](OCc2ccccc2)[C@@H]1CCC(F)(F)F. The van der Waals surface area contributed by atoms with Crippen molar-refractivity contribution in [1.82, 2.24) is 10.0 Å². The molecule has 26 heavy (non-hydrogen) atoms. The molecule has 0 aliphatic carbocycles. The van der Waals surface area contributed by atoms with Crippen molar-refractivity contribution in [1.29, 1.82) is 0 Å². The van der Waals surface area contributed by atoms with Gasteiger partial charge in [0.1, 0.15) is 0 Å². The Morgan fingerprint density at radius 2 is 1.73 bits per heavy atom. The molecule has 2 fully saturated rings. The molecule has 4 atom stereocenters. The van der Waals surface area contributed by atoms with Gasteiger partial charge < -0.3 is 4.74 Å². The summed E-state index contributed by atoms with van der Waals surface area (Å²) in [6.07, 6.45) is -4.22. The minimum Gasteiger partial charge on any atom is -0.361 e. The van der Waals surface area contributed by atoms with Crippen molar-refractivity contribution in [2.75, 3.05) is 0 Å². The second kappa shape index (κ2) is 7.56. The molecular weight excluding hydrogens is 345 g/mol. The van der Waals surface area contributed by atoms with Crippen LogP contribution < -0.4 is 0 Å². The maximum Gasteiger partial charge on any atom is 0.389 e. The van der Waals surface area contributed by atoms with Crippen molar-refractivity contribution >= 4 is 5.91 Å². The van der Waals surface area contributed by atoms with Crippen molar-refractivity contribution < 1.29 is 22.7 Å². The average Bonchev–Trinajstić information content (AvgIpc) is 2.90. The fraction of sp³-hybridized carbons (Fsp3) is 0.632. The molecule has 0 spiro atoms. The topological polar surface area (TPSA) is 32.8 Å². The molecule has 0 radical (unpaired) electrons. The summed E-state index contributed by atoms with van der Waals surface area (Å²) in [5.74, 6) is -0.228. The van der Waals surface area contributed by atoms with E-state index in [1.807, 2.05) is 49.2 Å². The molecule has 1 aromatic carbocycles. The molecule has 0 saturated carbocycles. The first-order chi connectivity index (χ1) is 12.3. The third-order valence-electron chi connectivity index (χ3n) is 5.28. The summed E-state index contributed by atoms with van der Waals surface area (Å²) in [4.78, 5) is 12.7. The molecule has 2 aliphatic heterocycles. The highest BCUT2D eigenvalue weighted by molar-refractivity contribution is 5.88. The number of nitrogens with zero attached hydrogens (tertiary/aromatic N) is 2. The quantitative estimate of drug-likeness (QED) is 0.712. The maximum atomic E-state index is 12.8. The van der Waals surface area contributed by atoms with Crippen molar-refractivity contribution in [2.24, 2.45) is 0 Å². The number of carbonyl (C=O) groups excluding carboxylic acids is 1. The van der Waals surface area contributed by atoms with Crippen molar-refractivity contribution in [3.8, 4) is 0 Å². The fourth-order valence-electron chi connectivity index (χ4n) is 3.92. The number of hydrogen-bond donors (Lipinski definition) is 0. The van der Waals surface area contributed by atoms with Crippen LogP contribution in [-0.2, 0) is 16.1 Å². The smallest absolute Gasteiger partial charge is 0.361 e. The number of carbonyl (C=O) groups is 1. The predicted octanol–water partition coefficient (Wildman–Crippen LogP) is 3.91. The molecule has 0 aromatic heterocycles. The Balaban J connectivity index is 1.70. The molecule has 4 nitrogen and oxygen atoms in total. The molecule has 0 unspecified atom stereocenters. The summed E-state index contributed by atoms with van der Waals surface area (Å²) in [6.45, 7) is 4.24. The minimum atomic E-state index is -4.24. The van der Waals surface area contributed by atoms with Gasteiger partial charge in [-0.25, -0.2) is 5.01 Å². The first-order valence-electron chi connectivity index (χ1n) is 9.11. The lowest BCUT2D eigenvalue weighted by Gasteiger charge is -2.53. The Kier molecular flexibility index (Phi) is 5.58. The molecule has 7 heteroatoms. The van der Waals surface area contributed by atoms with Gasteiger partial charge in [-0.15, -0.1) is 0 Å². The Bertz CT molecular complexity index is 613. The van der Waals surface area contributed by atoms with E-state index < -0.39 is 24.7 Å². The summed E-state index contributed by atoms with van der Waals surface area (Å²) in [5.41, 5.74) is 0.899. The lowest BCUT2D eigenvalue weighted by molar-refractivity contribution is -0.225. The van der Waals surface area contributed by atoms with Crippen LogP contribution in [0.4, 0.5) is 13.2 Å². The number of hydrazine groups is 1. The predicted molar refractivity (Wildman–Crippen MR) is 90.9 cm³/mol. The van der Waals surface area contributed by atoms with Gasteiger partial charge in [0.15, 0.2) is 6.10 Å². The van der Waals surface area contributed by atoms with Crippen LogP contribution >= 0.6 is 0 Å². The zero-order chi connectivity index (χ0) is 18.9. The Morgan fingerprint density at radius 3 is 2.31 bits per heavy atom. The zero-order valence-corrected chi connectivity index (χ0v) is 15.1. The Morgan fingerprint density at radius 1 is 1.12 bits per heavy atom. The summed E-state index contributed by atoms with van der Waals surface area (Å²) in [7, 11) is 0. The minimum absolute atomic E-state index is 0.134. The van der Waals surface area contributed by atoms with E-state index in [9.17, 15) is 18.0 Å². The third kappa shape index (κ3) is 4.04. The van der Waals surface area contributed by atoms with E-state index in [4.69, 9.17) is 4.74 Å². The van der Waals surface area contributed by atoms with Crippen molar-refractivity contribution in [3.63, 3.8) is 0 Å². The van der Waals surface area contributed by atoms with Gasteiger partial charge in [-0.1, -0.05) is 30.3 Å². The van der Waals surface area contributed by atoms with Crippen LogP contribution in [0, 0.1) is 0 Å². The van der Waals surface area contributed by atoms with Gasteiger partial charge in [-0.2, -0.15) is 13.2 Å². The van der Waals surface area contributed by atoms with Crippen LogP contribution in [-0.4, -0.2) is 46.3 Å². The molecule has 1 amide bonds. The second-order valence-electron chi connectivity index (χ2n) is 7.28. The number of β-lactam (4-membered cyclic amide) rings is 1. The molecule has 144 valence electrons. The molecule has 0 N–H and O–H groups in total. The number of amides is 1. The first-order valence-corrected chi connectivity index (χ1v) is 9.11. The maximum absolute atomic E-state index is 12.8. The zero-order valence-electron chi connectivity index (χ0n) is 15.1. The fourth-order valence-corrected chi connectivity index (χ4v) is 3.92. The monoisotopic (exact) mass is 370 g/mol. The highest BCUT2D eigenvalue weighted by atomic mass is 19.4. The van der Waals surface area contributed by atoms with Gasteiger partial charge >= 0.3 is 6.18 Å². The molecule has 2 heterocycles. The average molecular weight is 370 g/mol. The number of halogens is 3. The highest BCUT2D eigenvalue weighted by Crippen LogP contribution is 2.37. The second-order valence-corrected chi connectivity index (χ2v) is 7.28. The van der Waals surface area contributed by atoms with Gasteiger partial charge in [0.25, 0.3) is 5.91 Å². The standard InChI is InChI=1S/C19H25F3N2O2/c1-13-8-9-14(2)23(13)24-16(10-11-19(20,21)22)17(18(24)25)26-12-15-6-4-3-5-7-15/h3-7,13-14,16-17H,8-12H2,1-2H3/t13-,14-,16+,17-/m1/s1. The number of alkyl halides is 3. The van der Waals surface area contributed by atoms with Crippen molar-refractivity contribution in [3.05, 3.63) is 35.9 Å². The van der Waals surface area contributed by atoms with E-state index in [1.54, 1.807) is 0 Å². The lowest BCUT2D eigenvalue weighted by Crippen LogP contribution is -2.72. The third-order valence-corrected chi connectivity index (χ3v) is 5.28. The molecule has 2 aliphatic rings. The van der Waals surface area contributed by atoms with Gasteiger partial charge in [0, 0.05) is 18.5 Å². The Hall–Kier alpha value is -1.60. The van der Waals surface area contributed by atoms with Gasteiger partial charge in [-0.05, 0) is 38.7 Å². The lowest BCUT2D eigenvalue weighted by atomic mass is 9.94. The van der Waals surface area contributed by atoms with E-state index in [1.165, 1.54) is 5.01 Å². The van der Waals surface area contributed by atoms with Crippen LogP contribution in [0.15, 0.2) is 30.3 Å². The molecular formula is C19H25F3N2O2. The number of ether oxygens (including phenoxy) is 1. The first kappa shape index (κ1) is 19.2. The van der Waals surface area contributed by atoms with E-state index in [2.05, 4.69) is 0 Å². The van der Waals surface area contributed by atoms with Gasteiger partial charge in [-0.3, -0.25) is 9.80 Å². The number of rotatable bonds is 6. The number of hydrogen-bond acceptors (Lipinski definition) is 3. The molecule has 3 rings (SSSR count). The van der Waals surface area contributed by atoms with Crippen LogP contribution in [0.25, 0.3) is 0 Å². The molecule has 1 aromatic rings. The van der Waals surface area contributed by atoms with E-state index in [0.29, 0.717) is 0 Å². The van der Waals surface area contributed by atoms with Gasteiger partial charge in [0.05, 0.1) is 12.6 Å². The summed E-state index contributed by atoms with van der Waals surface area (Å²) < 4.78 is 44.0. The highest BCUT2D eigenvalue weighted by Gasteiger charge is 2.54. The normalized spacial score (nSPS) is 29.9. The van der Waals surface area contributed by atoms with E-state index >= 15 is 0 Å². The summed E-state index contributed by atoms with van der Waals surface area (Å²) >= 11 is 0.